The first kappa shape index (κ1) is 22.8. The number of nitrogen functional groups attached to an aromatic ring is 1. The third-order valence-electron chi connectivity index (χ3n) is 5.50. The van der Waals surface area contributed by atoms with Crippen LogP contribution in [-0.4, -0.2) is 24.2 Å². The number of aryl methyl sites for hydroxylation is 1. The highest BCUT2D eigenvalue weighted by molar-refractivity contribution is 8.00. The molecule has 168 valence electrons. The van der Waals surface area contributed by atoms with Crippen molar-refractivity contribution in [3.8, 4) is 29.0 Å². The van der Waals surface area contributed by atoms with Crippen molar-refractivity contribution in [3.05, 3.63) is 65.2 Å². The SMILES string of the molecule is COc1ccc(N2C(=O)C[C@H](Sc3[nH+]c(N)c(C#N)c(-c4ccc(C)cc4)c3C#N)C2=O)cc1. The maximum absolute atomic E-state index is 13.1. The number of nitrogens with zero attached hydrogens (tertiary/aromatic N) is 3. The van der Waals surface area contributed by atoms with Gasteiger partial charge in [-0.2, -0.15) is 10.5 Å². The van der Waals surface area contributed by atoms with Crippen LogP contribution in [0, 0.1) is 29.6 Å². The van der Waals surface area contributed by atoms with E-state index < -0.39 is 11.2 Å². The lowest BCUT2D eigenvalue weighted by Gasteiger charge is -2.15. The standard InChI is InChI=1S/C25H19N5O3S/c1-14-3-5-15(6-4-14)22-18(12-26)23(28)29-24(19(22)13-27)34-20-11-21(31)30(25(20)32)16-7-9-17(33-2)10-8-16/h3-10,20H,11H2,1-2H3,(H2,28,29)/p+1/t20-/m0/s1. The topological polar surface area (TPSA) is 134 Å². The van der Waals surface area contributed by atoms with Gasteiger partial charge in [0.15, 0.2) is 5.03 Å². The van der Waals surface area contributed by atoms with Gasteiger partial charge in [0.1, 0.15) is 34.3 Å². The molecular formula is C25H20N5O3S+. The Morgan fingerprint density at radius 3 is 2.29 bits per heavy atom. The predicted molar refractivity (Wildman–Crippen MR) is 127 cm³/mol. The Labute approximate surface area is 200 Å². The Balaban J connectivity index is 1.72. The van der Waals surface area contributed by atoms with Crippen LogP contribution in [0.4, 0.5) is 11.5 Å². The molecule has 8 nitrogen and oxygen atoms in total. The van der Waals surface area contributed by atoms with E-state index in [1.165, 1.54) is 7.11 Å². The number of anilines is 2. The summed E-state index contributed by atoms with van der Waals surface area (Å²) >= 11 is 1.06. The number of carbonyl (C=O) groups excluding carboxylic acids is 2. The van der Waals surface area contributed by atoms with Crippen molar-refractivity contribution < 1.29 is 19.3 Å². The highest BCUT2D eigenvalue weighted by Gasteiger charge is 2.41. The lowest BCUT2D eigenvalue weighted by atomic mass is 9.96. The highest BCUT2D eigenvalue weighted by atomic mass is 32.2. The fraction of sp³-hybridized carbons (Fsp3) is 0.160. The second-order valence-corrected chi connectivity index (χ2v) is 8.87. The summed E-state index contributed by atoms with van der Waals surface area (Å²) in [5.41, 5.74) is 9.01. The van der Waals surface area contributed by atoms with Crippen molar-refractivity contribution >= 4 is 35.1 Å². The molecule has 3 aromatic rings. The summed E-state index contributed by atoms with van der Waals surface area (Å²) in [5.74, 6) is -0.0362. The van der Waals surface area contributed by atoms with Gasteiger partial charge >= 0.3 is 0 Å². The first-order chi connectivity index (χ1) is 16.4. The van der Waals surface area contributed by atoms with E-state index in [0.717, 1.165) is 22.2 Å². The van der Waals surface area contributed by atoms with Crippen molar-refractivity contribution in [2.45, 2.75) is 23.6 Å². The molecule has 2 amide bonds. The van der Waals surface area contributed by atoms with E-state index in [-0.39, 0.29) is 29.3 Å². The van der Waals surface area contributed by atoms with Gasteiger partial charge in [-0.15, -0.1) is 0 Å². The summed E-state index contributed by atoms with van der Waals surface area (Å²) in [7, 11) is 1.53. The average molecular weight is 471 g/mol. The third kappa shape index (κ3) is 4.05. The van der Waals surface area contributed by atoms with E-state index in [1.54, 1.807) is 24.3 Å². The first-order valence-corrected chi connectivity index (χ1v) is 11.2. The number of benzene rings is 2. The molecule has 9 heteroatoms. The molecule has 0 radical (unpaired) electrons. The zero-order valence-electron chi connectivity index (χ0n) is 18.5. The van der Waals surface area contributed by atoms with E-state index in [4.69, 9.17) is 10.5 Å². The molecule has 0 saturated carbocycles. The van der Waals surface area contributed by atoms with Crippen LogP contribution < -0.4 is 20.4 Å². The molecule has 1 aliphatic heterocycles. The van der Waals surface area contributed by atoms with E-state index in [1.807, 2.05) is 31.2 Å². The second-order valence-electron chi connectivity index (χ2n) is 7.66. The van der Waals surface area contributed by atoms with Crippen molar-refractivity contribution in [1.82, 2.24) is 0 Å². The number of imide groups is 1. The molecule has 1 atom stereocenters. The van der Waals surface area contributed by atoms with Crippen LogP contribution in [0.5, 0.6) is 5.75 Å². The van der Waals surface area contributed by atoms with Crippen molar-refractivity contribution in [3.63, 3.8) is 0 Å². The molecule has 1 saturated heterocycles. The molecule has 4 rings (SSSR count). The van der Waals surface area contributed by atoms with E-state index in [2.05, 4.69) is 17.1 Å². The molecule has 1 aromatic heterocycles. The van der Waals surface area contributed by atoms with Gasteiger partial charge in [-0.1, -0.05) is 41.6 Å². The lowest BCUT2D eigenvalue weighted by Crippen LogP contribution is -2.31. The van der Waals surface area contributed by atoms with E-state index >= 15 is 0 Å². The number of thioether (sulfide) groups is 1. The number of aromatic nitrogens is 1. The quantitative estimate of drug-likeness (QED) is 0.566. The number of methoxy groups -OCH3 is 1. The fourth-order valence-corrected chi connectivity index (χ4v) is 4.93. The van der Waals surface area contributed by atoms with Crippen LogP contribution in [0.15, 0.2) is 53.6 Å². The average Bonchev–Trinajstić information content (AvgIpc) is 3.11. The Bertz CT molecular complexity index is 1370. The van der Waals surface area contributed by atoms with Crippen LogP contribution in [0.1, 0.15) is 23.1 Å². The maximum atomic E-state index is 13.1. The zero-order valence-corrected chi connectivity index (χ0v) is 19.3. The summed E-state index contributed by atoms with van der Waals surface area (Å²) in [4.78, 5) is 29.9. The number of ether oxygens (including phenoxy) is 1. The first-order valence-electron chi connectivity index (χ1n) is 10.3. The van der Waals surface area contributed by atoms with Gasteiger partial charge in [-0.3, -0.25) is 15.3 Å². The molecule has 0 spiro atoms. The van der Waals surface area contributed by atoms with Crippen molar-refractivity contribution in [1.29, 1.82) is 10.5 Å². The molecule has 34 heavy (non-hydrogen) atoms. The summed E-state index contributed by atoms with van der Waals surface area (Å²) in [6, 6.07) is 18.2. The number of nitriles is 2. The van der Waals surface area contributed by atoms with Gasteiger partial charge < -0.3 is 4.74 Å². The minimum absolute atomic E-state index is 0.0337. The number of nitrogens with two attached hydrogens (primary N) is 1. The van der Waals surface area contributed by atoms with Gasteiger partial charge in [0.05, 0.1) is 12.8 Å². The van der Waals surface area contributed by atoms with Crippen molar-refractivity contribution in [2.24, 2.45) is 0 Å². The minimum Gasteiger partial charge on any atom is -0.497 e. The summed E-state index contributed by atoms with van der Waals surface area (Å²) in [5, 5.41) is 19.3. The number of nitrogens with one attached hydrogen (secondary N) is 1. The molecule has 1 aliphatic rings. The predicted octanol–water partition coefficient (Wildman–Crippen LogP) is 3.23. The molecule has 2 heterocycles. The minimum atomic E-state index is -0.754. The molecular weight excluding hydrogens is 450 g/mol. The molecule has 1 fully saturated rings. The largest absolute Gasteiger partial charge is 0.497 e. The van der Waals surface area contributed by atoms with Gasteiger partial charge in [-0.05, 0) is 36.8 Å². The van der Waals surface area contributed by atoms with Gasteiger partial charge in [0.25, 0.3) is 5.82 Å². The van der Waals surface area contributed by atoms with Crippen LogP contribution >= 0.6 is 11.8 Å². The van der Waals surface area contributed by atoms with Crippen LogP contribution in [0.3, 0.4) is 0 Å². The van der Waals surface area contributed by atoms with Crippen LogP contribution in [-0.2, 0) is 9.59 Å². The summed E-state index contributed by atoms with van der Waals surface area (Å²) in [6.45, 7) is 1.94. The molecule has 3 N–H and O–H groups in total. The van der Waals surface area contributed by atoms with Gasteiger partial charge in [-0.25, -0.2) is 9.88 Å². The highest BCUT2D eigenvalue weighted by Crippen LogP contribution is 2.38. The Kier molecular flexibility index (Phi) is 6.22. The normalized spacial score (nSPS) is 15.2. The van der Waals surface area contributed by atoms with Gasteiger partial charge in [0.2, 0.25) is 11.8 Å². The number of rotatable bonds is 5. The zero-order chi connectivity index (χ0) is 24.4. The Hall–Kier alpha value is -4.34. The third-order valence-corrected chi connectivity index (χ3v) is 6.70. The van der Waals surface area contributed by atoms with Crippen molar-refractivity contribution in [2.75, 3.05) is 17.7 Å². The lowest BCUT2D eigenvalue weighted by molar-refractivity contribution is -0.410. The second kappa shape index (κ2) is 9.26. The summed E-state index contributed by atoms with van der Waals surface area (Å²) in [6.07, 6.45) is -0.0337. The molecule has 0 aliphatic carbocycles. The molecule has 2 aromatic carbocycles. The molecule has 0 unspecified atom stereocenters. The molecule has 0 bridgehead atoms. The van der Waals surface area contributed by atoms with Crippen LogP contribution in [0.2, 0.25) is 0 Å². The smallest absolute Gasteiger partial charge is 0.289 e. The van der Waals surface area contributed by atoms with E-state index in [0.29, 0.717) is 27.6 Å². The number of pyridine rings is 1. The number of H-pyrrole nitrogens is 1. The maximum Gasteiger partial charge on any atom is 0.289 e. The Morgan fingerprint density at radius 2 is 1.71 bits per heavy atom. The fourth-order valence-electron chi connectivity index (χ4n) is 3.78. The number of hydrogen-bond donors (Lipinski definition) is 1. The number of aromatic amines is 1. The Morgan fingerprint density at radius 1 is 1.06 bits per heavy atom. The summed E-state index contributed by atoms with van der Waals surface area (Å²) < 4.78 is 5.13. The number of carbonyl (C=O) groups is 2. The number of hydrogen-bond acceptors (Lipinski definition) is 7. The monoisotopic (exact) mass is 470 g/mol. The van der Waals surface area contributed by atoms with Crippen LogP contribution in [0.25, 0.3) is 11.1 Å². The number of amides is 2. The van der Waals surface area contributed by atoms with E-state index in [9.17, 15) is 20.1 Å². The van der Waals surface area contributed by atoms with Gasteiger partial charge in [0, 0.05) is 12.0 Å².